The van der Waals surface area contributed by atoms with Crippen LogP contribution in [-0.4, -0.2) is 18.0 Å². The predicted molar refractivity (Wildman–Crippen MR) is 90.6 cm³/mol. The molecule has 0 saturated heterocycles. The number of nitrogens with one attached hydrogen (secondary N) is 1. The van der Waals surface area contributed by atoms with Crippen molar-refractivity contribution < 1.29 is 9.53 Å². The van der Waals surface area contributed by atoms with E-state index in [1.165, 1.54) is 0 Å². The first-order valence-corrected chi connectivity index (χ1v) is 6.74. The van der Waals surface area contributed by atoms with Crippen LogP contribution in [0.25, 0.3) is 0 Å². The standard InChI is InChI=1S/C16H19N3O2.ClH/c1-11(13-5-3-4-6-14(13)21-2)9-16(20)19-12-7-8-15(17)18-10-12;/h3-8,10-11H,9H2,1-2H3,(H2,17,18)(H,19,20);1H. The molecule has 2 aromatic rings. The fraction of sp³-hybridized carbons (Fsp3) is 0.250. The third-order valence-corrected chi connectivity index (χ3v) is 3.23. The van der Waals surface area contributed by atoms with Gasteiger partial charge in [0.05, 0.1) is 19.0 Å². The van der Waals surface area contributed by atoms with Gasteiger partial charge in [-0.3, -0.25) is 4.79 Å². The maximum atomic E-state index is 12.1. The molecule has 0 saturated carbocycles. The van der Waals surface area contributed by atoms with Crippen LogP contribution in [0.3, 0.4) is 0 Å². The van der Waals surface area contributed by atoms with Crippen molar-refractivity contribution in [2.45, 2.75) is 19.3 Å². The summed E-state index contributed by atoms with van der Waals surface area (Å²) < 4.78 is 5.32. The molecular weight excluding hydrogens is 302 g/mol. The number of ether oxygens (including phenoxy) is 1. The van der Waals surface area contributed by atoms with E-state index in [0.29, 0.717) is 17.9 Å². The average Bonchev–Trinajstić information content (AvgIpc) is 2.49. The number of hydrogen-bond donors (Lipinski definition) is 2. The SMILES string of the molecule is COc1ccccc1C(C)CC(=O)Nc1ccc(N)nc1.Cl. The van der Waals surface area contributed by atoms with E-state index in [2.05, 4.69) is 10.3 Å². The monoisotopic (exact) mass is 321 g/mol. The second-order valence-corrected chi connectivity index (χ2v) is 4.87. The normalized spacial score (nSPS) is 11.2. The first-order valence-electron chi connectivity index (χ1n) is 6.74. The Balaban J connectivity index is 0.00000242. The molecule has 0 radical (unpaired) electrons. The molecular formula is C16H20ClN3O2. The summed E-state index contributed by atoms with van der Waals surface area (Å²) in [6.07, 6.45) is 1.91. The number of nitrogens with two attached hydrogens (primary N) is 1. The van der Waals surface area contributed by atoms with Crippen LogP contribution >= 0.6 is 12.4 Å². The zero-order valence-electron chi connectivity index (χ0n) is 12.6. The number of carbonyl (C=O) groups is 1. The Bertz CT molecular complexity index is 617. The zero-order chi connectivity index (χ0) is 15.2. The van der Waals surface area contributed by atoms with Crippen molar-refractivity contribution in [2.24, 2.45) is 0 Å². The molecule has 118 valence electrons. The molecule has 0 fully saturated rings. The number of aromatic nitrogens is 1. The van der Waals surface area contributed by atoms with Crippen LogP contribution in [-0.2, 0) is 4.79 Å². The highest BCUT2D eigenvalue weighted by Crippen LogP contribution is 2.28. The van der Waals surface area contributed by atoms with Crippen LogP contribution < -0.4 is 15.8 Å². The second-order valence-electron chi connectivity index (χ2n) is 4.87. The molecule has 3 N–H and O–H groups in total. The summed E-state index contributed by atoms with van der Waals surface area (Å²) in [5.74, 6) is 1.21. The van der Waals surface area contributed by atoms with Gasteiger partial charge in [-0.1, -0.05) is 25.1 Å². The third kappa shape index (κ3) is 4.63. The van der Waals surface area contributed by atoms with E-state index in [1.54, 1.807) is 25.4 Å². The van der Waals surface area contributed by atoms with Crippen LogP contribution in [0.15, 0.2) is 42.6 Å². The predicted octanol–water partition coefficient (Wildman–Crippen LogP) is 3.23. The molecule has 5 nitrogen and oxygen atoms in total. The van der Waals surface area contributed by atoms with Crippen molar-refractivity contribution in [1.29, 1.82) is 0 Å². The van der Waals surface area contributed by atoms with E-state index < -0.39 is 0 Å². The van der Waals surface area contributed by atoms with Gasteiger partial charge in [0.15, 0.2) is 0 Å². The number of benzene rings is 1. The molecule has 6 heteroatoms. The van der Waals surface area contributed by atoms with Crippen molar-refractivity contribution in [1.82, 2.24) is 4.98 Å². The molecule has 0 aliphatic rings. The Morgan fingerprint density at radius 1 is 1.32 bits per heavy atom. The van der Waals surface area contributed by atoms with Crippen molar-refractivity contribution in [2.75, 3.05) is 18.2 Å². The van der Waals surface area contributed by atoms with Gasteiger partial charge in [0.2, 0.25) is 5.91 Å². The Hall–Kier alpha value is -2.27. The summed E-state index contributed by atoms with van der Waals surface area (Å²) in [5.41, 5.74) is 7.17. The van der Waals surface area contributed by atoms with Crippen LogP contribution in [0.5, 0.6) is 5.75 Å². The molecule has 1 amide bonds. The highest BCUT2D eigenvalue weighted by molar-refractivity contribution is 5.91. The van der Waals surface area contributed by atoms with E-state index in [9.17, 15) is 4.79 Å². The van der Waals surface area contributed by atoms with E-state index in [4.69, 9.17) is 10.5 Å². The highest BCUT2D eigenvalue weighted by atomic mass is 35.5. The van der Waals surface area contributed by atoms with E-state index in [0.717, 1.165) is 11.3 Å². The number of halogens is 1. The number of anilines is 2. The number of rotatable bonds is 5. The lowest BCUT2D eigenvalue weighted by atomic mass is 9.96. The summed E-state index contributed by atoms with van der Waals surface area (Å²) in [4.78, 5) is 16.0. The Labute approximate surface area is 136 Å². The molecule has 0 bridgehead atoms. The molecule has 1 aromatic heterocycles. The van der Waals surface area contributed by atoms with Crippen molar-refractivity contribution in [3.8, 4) is 5.75 Å². The Kier molecular flexibility index (Phi) is 6.66. The number of hydrogen-bond acceptors (Lipinski definition) is 4. The van der Waals surface area contributed by atoms with E-state index in [1.807, 2.05) is 31.2 Å². The number of methoxy groups -OCH3 is 1. The average molecular weight is 322 g/mol. The molecule has 1 unspecified atom stereocenters. The van der Waals surface area contributed by atoms with Gasteiger partial charge in [0.1, 0.15) is 11.6 Å². The second kappa shape index (κ2) is 8.24. The summed E-state index contributed by atoms with van der Waals surface area (Å²) in [6.45, 7) is 2.00. The number of carbonyl (C=O) groups excluding carboxylic acids is 1. The minimum absolute atomic E-state index is 0. The van der Waals surface area contributed by atoms with E-state index in [-0.39, 0.29) is 24.2 Å². The minimum atomic E-state index is -0.0695. The summed E-state index contributed by atoms with van der Waals surface area (Å²) >= 11 is 0. The smallest absolute Gasteiger partial charge is 0.225 e. The number of nitrogen functional groups attached to an aromatic ring is 1. The fourth-order valence-corrected chi connectivity index (χ4v) is 2.15. The third-order valence-electron chi connectivity index (χ3n) is 3.23. The first kappa shape index (κ1) is 17.8. The lowest BCUT2D eigenvalue weighted by Gasteiger charge is -2.15. The molecule has 1 aromatic carbocycles. The van der Waals surface area contributed by atoms with Gasteiger partial charge in [-0.05, 0) is 29.7 Å². The van der Waals surface area contributed by atoms with E-state index >= 15 is 0 Å². The first-order chi connectivity index (χ1) is 10.1. The van der Waals surface area contributed by atoms with Gasteiger partial charge in [-0.25, -0.2) is 4.98 Å². The van der Waals surface area contributed by atoms with Gasteiger partial charge in [0, 0.05) is 6.42 Å². The van der Waals surface area contributed by atoms with Gasteiger partial charge in [-0.2, -0.15) is 0 Å². The van der Waals surface area contributed by atoms with Crippen molar-refractivity contribution in [3.63, 3.8) is 0 Å². The summed E-state index contributed by atoms with van der Waals surface area (Å²) in [6, 6.07) is 11.1. The molecule has 2 rings (SSSR count). The number of amides is 1. The quantitative estimate of drug-likeness (QED) is 0.886. The van der Waals surface area contributed by atoms with Crippen molar-refractivity contribution in [3.05, 3.63) is 48.2 Å². The lowest BCUT2D eigenvalue weighted by Crippen LogP contribution is -2.15. The van der Waals surface area contributed by atoms with Gasteiger partial charge >= 0.3 is 0 Å². The molecule has 0 spiro atoms. The summed E-state index contributed by atoms with van der Waals surface area (Å²) in [7, 11) is 1.63. The van der Waals surface area contributed by atoms with Crippen LogP contribution in [0.4, 0.5) is 11.5 Å². The maximum absolute atomic E-state index is 12.1. The number of para-hydroxylation sites is 1. The Morgan fingerprint density at radius 3 is 2.68 bits per heavy atom. The van der Waals surface area contributed by atoms with Crippen LogP contribution in [0, 0.1) is 0 Å². The van der Waals surface area contributed by atoms with Gasteiger partial charge in [0.25, 0.3) is 0 Å². The molecule has 22 heavy (non-hydrogen) atoms. The van der Waals surface area contributed by atoms with Crippen LogP contribution in [0.1, 0.15) is 24.8 Å². The highest BCUT2D eigenvalue weighted by Gasteiger charge is 2.15. The largest absolute Gasteiger partial charge is 0.496 e. The van der Waals surface area contributed by atoms with Crippen LogP contribution in [0.2, 0.25) is 0 Å². The molecule has 0 aliphatic carbocycles. The molecule has 1 atom stereocenters. The zero-order valence-corrected chi connectivity index (χ0v) is 13.4. The van der Waals surface area contributed by atoms with Crippen molar-refractivity contribution >= 4 is 29.8 Å². The maximum Gasteiger partial charge on any atom is 0.225 e. The topological polar surface area (TPSA) is 77.2 Å². The summed E-state index contributed by atoms with van der Waals surface area (Å²) in [5, 5.41) is 2.81. The minimum Gasteiger partial charge on any atom is -0.496 e. The number of nitrogens with zero attached hydrogens (tertiary/aromatic N) is 1. The van der Waals surface area contributed by atoms with Gasteiger partial charge < -0.3 is 15.8 Å². The number of pyridine rings is 1. The Morgan fingerprint density at radius 2 is 2.05 bits per heavy atom. The fourth-order valence-electron chi connectivity index (χ4n) is 2.15. The molecule has 0 aliphatic heterocycles. The molecule has 1 heterocycles. The van der Waals surface area contributed by atoms with Gasteiger partial charge in [-0.15, -0.1) is 12.4 Å². The lowest BCUT2D eigenvalue weighted by molar-refractivity contribution is -0.116.